The molecule has 0 spiro atoms. The van der Waals surface area contributed by atoms with Crippen LogP contribution in [-0.4, -0.2) is 12.9 Å². The van der Waals surface area contributed by atoms with Gasteiger partial charge in [0.25, 0.3) is 0 Å². The molecule has 4 heteroatoms. The van der Waals surface area contributed by atoms with Crippen LogP contribution >= 0.6 is 0 Å². The number of carbonyl (C=O) groups is 1. The fourth-order valence-electron chi connectivity index (χ4n) is 1.61. The first-order valence-electron chi connectivity index (χ1n) is 6.06. The van der Waals surface area contributed by atoms with Gasteiger partial charge in [-0.3, -0.25) is 4.79 Å². The van der Waals surface area contributed by atoms with E-state index in [4.69, 9.17) is 4.74 Å². The first-order valence-corrected chi connectivity index (χ1v) is 6.06. The molecule has 0 heterocycles. The van der Waals surface area contributed by atoms with Gasteiger partial charge in [0.05, 0.1) is 7.11 Å². The predicted octanol–water partition coefficient (Wildman–Crippen LogP) is 3.64. The summed E-state index contributed by atoms with van der Waals surface area (Å²) in [6, 6.07) is 12.7. The number of benzene rings is 2. The molecule has 0 amide bonds. The second kappa shape index (κ2) is 6.52. The van der Waals surface area contributed by atoms with Gasteiger partial charge in [0.1, 0.15) is 11.6 Å². The number of anilines is 1. The number of ether oxygens (including phenoxy) is 1. The van der Waals surface area contributed by atoms with Crippen LogP contribution in [0.1, 0.15) is 10.4 Å². The maximum Gasteiger partial charge on any atom is 0.187 e. The Morgan fingerprint density at radius 1 is 1.10 bits per heavy atom. The minimum atomic E-state index is -0.359. The molecule has 0 aromatic heterocycles. The minimum absolute atomic E-state index is 0.189. The van der Waals surface area contributed by atoms with Crippen molar-refractivity contribution in [2.45, 2.75) is 0 Å². The van der Waals surface area contributed by atoms with Gasteiger partial charge < -0.3 is 10.1 Å². The summed E-state index contributed by atoms with van der Waals surface area (Å²) in [5.74, 6) is 0.217. The van der Waals surface area contributed by atoms with E-state index in [9.17, 15) is 9.18 Å². The molecule has 20 heavy (non-hydrogen) atoms. The Bertz CT molecular complexity index is 603. The summed E-state index contributed by atoms with van der Waals surface area (Å²) in [5, 5.41) is 2.98. The summed E-state index contributed by atoms with van der Waals surface area (Å²) >= 11 is 0. The van der Waals surface area contributed by atoms with Crippen molar-refractivity contribution >= 4 is 11.5 Å². The van der Waals surface area contributed by atoms with E-state index in [2.05, 4.69) is 5.32 Å². The molecule has 1 N–H and O–H groups in total. The van der Waals surface area contributed by atoms with Crippen molar-refractivity contribution in [3.8, 4) is 5.75 Å². The predicted molar refractivity (Wildman–Crippen MR) is 76.5 cm³/mol. The molecule has 0 fully saturated rings. The fourth-order valence-corrected chi connectivity index (χ4v) is 1.61. The molecule has 0 bridgehead atoms. The third-order valence-corrected chi connectivity index (χ3v) is 2.70. The Labute approximate surface area is 116 Å². The van der Waals surface area contributed by atoms with E-state index >= 15 is 0 Å². The molecule has 102 valence electrons. The quantitative estimate of drug-likeness (QED) is 0.666. The van der Waals surface area contributed by atoms with Gasteiger partial charge in [0.15, 0.2) is 5.78 Å². The number of methoxy groups -OCH3 is 1. The molecule has 0 radical (unpaired) electrons. The van der Waals surface area contributed by atoms with Crippen LogP contribution in [0.25, 0.3) is 0 Å². The lowest BCUT2D eigenvalue weighted by molar-refractivity contribution is 0.104. The van der Waals surface area contributed by atoms with Gasteiger partial charge >= 0.3 is 0 Å². The second-order valence-electron chi connectivity index (χ2n) is 4.08. The lowest BCUT2D eigenvalue weighted by atomic mass is 10.1. The maximum absolute atomic E-state index is 12.7. The van der Waals surface area contributed by atoms with E-state index in [1.807, 2.05) is 24.3 Å². The van der Waals surface area contributed by atoms with Crippen LogP contribution in [-0.2, 0) is 0 Å². The van der Waals surface area contributed by atoms with Gasteiger partial charge in [-0.25, -0.2) is 4.39 Å². The van der Waals surface area contributed by atoms with Gasteiger partial charge in [-0.2, -0.15) is 0 Å². The molecule has 0 aliphatic heterocycles. The van der Waals surface area contributed by atoms with E-state index in [1.165, 1.54) is 30.3 Å². The van der Waals surface area contributed by atoms with Crippen LogP contribution in [0.4, 0.5) is 10.1 Å². The summed E-state index contributed by atoms with van der Waals surface area (Å²) < 4.78 is 17.8. The Morgan fingerprint density at radius 2 is 1.75 bits per heavy atom. The largest absolute Gasteiger partial charge is 0.497 e. The summed E-state index contributed by atoms with van der Waals surface area (Å²) in [5.41, 5.74) is 1.29. The maximum atomic E-state index is 12.7. The van der Waals surface area contributed by atoms with Crippen molar-refractivity contribution in [1.82, 2.24) is 0 Å². The molecule has 0 saturated heterocycles. The third kappa shape index (κ3) is 3.68. The van der Waals surface area contributed by atoms with Crippen LogP contribution in [0.15, 0.2) is 60.8 Å². The Kier molecular flexibility index (Phi) is 4.50. The van der Waals surface area contributed by atoms with Gasteiger partial charge in [0.2, 0.25) is 0 Å². The number of rotatable bonds is 5. The average molecular weight is 270 g/mol. The molecule has 3 nitrogen and oxygen atoms in total. The number of carbonyl (C=O) groups excluding carboxylic acids is 1. The monoisotopic (exact) mass is 270 g/mol. The minimum Gasteiger partial charge on any atom is -0.497 e. The van der Waals surface area contributed by atoms with Gasteiger partial charge in [-0.15, -0.1) is 0 Å². The Hall–Kier alpha value is -2.62. The molecule has 0 atom stereocenters. The first kappa shape index (κ1) is 13.8. The Morgan fingerprint density at radius 3 is 2.35 bits per heavy atom. The standard InChI is InChI=1S/C16H14FNO2/c1-20-15-8-6-14(7-9-15)18-11-10-16(19)12-2-4-13(17)5-3-12/h2-11,18H,1H3/b11-10+/i17-1. The molecular weight excluding hydrogens is 256 g/mol. The highest BCUT2D eigenvalue weighted by atomic mass is 18.2. The highest BCUT2D eigenvalue weighted by Crippen LogP contribution is 2.14. The van der Waals surface area contributed by atoms with Crippen LogP contribution in [0.2, 0.25) is 0 Å². The zero-order valence-corrected chi connectivity index (χ0v) is 11.0. The van der Waals surface area contributed by atoms with Crippen molar-refractivity contribution in [2.75, 3.05) is 12.4 Å². The number of halogens is 1. The average Bonchev–Trinajstić information content (AvgIpc) is 2.48. The van der Waals surface area contributed by atoms with E-state index in [0.717, 1.165) is 11.4 Å². The molecule has 0 aliphatic rings. The topological polar surface area (TPSA) is 38.3 Å². The molecule has 2 aromatic rings. The number of allylic oxidation sites excluding steroid dienone is 1. The molecule has 0 unspecified atom stereocenters. The summed E-state index contributed by atoms with van der Waals surface area (Å²) in [6.07, 6.45) is 2.95. The second-order valence-corrected chi connectivity index (χ2v) is 4.08. The van der Waals surface area contributed by atoms with Crippen molar-refractivity contribution in [3.05, 3.63) is 72.2 Å². The van der Waals surface area contributed by atoms with Gasteiger partial charge in [-0.1, -0.05) is 0 Å². The van der Waals surface area contributed by atoms with Crippen LogP contribution in [0.3, 0.4) is 0 Å². The molecule has 0 aliphatic carbocycles. The number of ketones is 1. The van der Waals surface area contributed by atoms with E-state index in [0.29, 0.717) is 5.56 Å². The van der Waals surface area contributed by atoms with Crippen LogP contribution in [0.5, 0.6) is 5.75 Å². The van der Waals surface area contributed by atoms with E-state index < -0.39 is 0 Å². The molecule has 2 rings (SSSR count). The van der Waals surface area contributed by atoms with Gasteiger partial charge in [-0.05, 0) is 48.5 Å². The van der Waals surface area contributed by atoms with E-state index in [1.54, 1.807) is 13.3 Å². The number of nitrogens with one attached hydrogen (secondary N) is 1. The van der Waals surface area contributed by atoms with E-state index in [-0.39, 0.29) is 11.6 Å². The fraction of sp³-hybridized carbons (Fsp3) is 0.0625. The molecule has 0 saturated carbocycles. The van der Waals surface area contributed by atoms with Crippen molar-refractivity contribution < 1.29 is 13.9 Å². The van der Waals surface area contributed by atoms with Gasteiger partial charge in [0, 0.05) is 23.5 Å². The van der Waals surface area contributed by atoms with Crippen molar-refractivity contribution in [2.24, 2.45) is 0 Å². The van der Waals surface area contributed by atoms with Crippen LogP contribution in [0, 0.1) is 5.82 Å². The smallest absolute Gasteiger partial charge is 0.187 e. The SMILES string of the molecule is COc1ccc(N/C=C/C(=O)c2ccc([18F])cc2)cc1. The summed E-state index contributed by atoms with van der Waals surface area (Å²) in [7, 11) is 1.60. The Balaban J connectivity index is 1.95. The third-order valence-electron chi connectivity index (χ3n) is 2.70. The summed E-state index contributed by atoms with van der Waals surface area (Å²) in [4.78, 5) is 11.8. The molecule has 2 aromatic carbocycles. The highest BCUT2D eigenvalue weighted by molar-refractivity contribution is 6.04. The zero-order valence-electron chi connectivity index (χ0n) is 11.0. The van der Waals surface area contributed by atoms with Crippen LogP contribution < -0.4 is 10.1 Å². The lowest BCUT2D eigenvalue weighted by Crippen LogP contribution is -1.96. The lowest BCUT2D eigenvalue weighted by Gasteiger charge is -2.02. The number of hydrogen-bond donors (Lipinski definition) is 1. The highest BCUT2D eigenvalue weighted by Gasteiger charge is 2.01. The molecular formula is C16H14FNO2. The normalized spacial score (nSPS) is 10.5. The number of hydrogen-bond acceptors (Lipinski definition) is 3. The summed E-state index contributed by atoms with van der Waals surface area (Å²) in [6.45, 7) is 0. The first-order chi connectivity index (χ1) is 9.69. The van der Waals surface area contributed by atoms with Crippen molar-refractivity contribution in [1.29, 1.82) is 0 Å². The zero-order chi connectivity index (χ0) is 14.4. The van der Waals surface area contributed by atoms with Crippen molar-refractivity contribution in [3.63, 3.8) is 0 Å².